The zero-order valence-corrected chi connectivity index (χ0v) is 60.2. The van der Waals surface area contributed by atoms with Gasteiger partial charge in [0.25, 0.3) is 0 Å². The van der Waals surface area contributed by atoms with Crippen LogP contribution in [0.2, 0.25) is 0 Å². The predicted octanol–water partition coefficient (Wildman–Crippen LogP) is 12.6. The maximum Gasteiger partial charge on any atom is 0.220 e. The number of amides is 1. The molecule has 19 heteroatoms. The summed E-state index contributed by atoms with van der Waals surface area (Å²) in [5, 5.41) is 121. The van der Waals surface area contributed by atoms with Crippen LogP contribution in [-0.4, -0.2) is 193 Å². The maximum atomic E-state index is 13.5. The molecule has 1 amide bonds. The lowest BCUT2D eigenvalue weighted by Crippen LogP contribution is -2.66. The molecule has 3 aliphatic rings. The summed E-state index contributed by atoms with van der Waals surface area (Å²) in [6.07, 6.45) is 39.3. The van der Waals surface area contributed by atoms with Crippen LogP contribution in [0.5, 0.6) is 0 Å². The Labute approximate surface area is 576 Å². The lowest BCUT2D eigenvalue weighted by molar-refractivity contribution is -0.379. The predicted molar refractivity (Wildman–Crippen MR) is 374 cm³/mol. The molecule has 3 fully saturated rings. The maximum absolute atomic E-state index is 13.5. The quantitative estimate of drug-likeness (QED) is 0.0252. The third kappa shape index (κ3) is 39.1. The lowest BCUT2D eigenvalue weighted by Gasteiger charge is -2.48. The molecule has 17 unspecified atom stereocenters. The van der Waals surface area contributed by atoms with E-state index in [4.69, 9.17) is 28.4 Å². The van der Waals surface area contributed by atoms with Crippen LogP contribution in [0.3, 0.4) is 0 Å². The first kappa shape index (κ1) is 88.0. The van der Waals surface area contributed by atoms with Gasteiger partial charge in [-0.05, 0) is 12.8 Å². The highest BCUT2D eigenvalue weighted by atomic mass is 16.8. The Bertz CT molecular complexity index is 1720. The van der Waals surface area contributed by atoms with Crippen molar-refractivity contribution in [1.29, 1.82) is 0 Å². The first-order valence-electron chi connectivity index (χ1n) is 39.8. The van der Waals surface area contributed by atoms with Gasteiger partial charge in [0.2, 0.25) is 5.91 Å². The zero-order chi connectivity index (χ0) is 68.9. The average Bonchev–Trinajstić information content (AvgIpc) is 0.786. The fraction of sp³-hybridized carbons (Fsp3) is 0.987. The van der Waals surface area contributed by atoms with E-state index < -0.39 is 124 Å². The summed E-state index contributed by atoms with van der Waals surface area (Å²) in [7, 11) is 0. The van der Waals surface area contributed by atoms with Gasteiger partial charge in [-0.15, -0.1) is 0 Å². The molecule has 0 bridgehead atoms. The van der Waals surface area contributed by atoms with E-state index in [0.29, 0.717) is 12.8 Å². The summed E-state index contributed by atoms with van der Waals surface area (Å²) in [6.45, 7) is 1.86. The number of hydrogen-bond donors (Lipinski definition) is 12. The molecule has 3 rings (SSSR count). The van der Waals surface area contributed by atoms with Crippen molar-refractivity contribution in [1.82, 2.24) is 5.32 Å². The molecule has 17 atom stereocenters. The highest BCUT2D eigenvalue weighted by Crippen LogP contribution is 2.33. The van der Waals surface area contributed by atoms with Crippen LogP contribution >= 0.6 is 0 Å². The minimum absolute atomic E-state index is 0.234. The van der Waals surface area contributed by atoms with Gasteiger partial charge in [0.15, 0.2) is 18.9 Å². The number of ether oxygens (including phenoxy) is 6. The fourth-order valence-electron chi connectivity index (χ4n) is 14.0. The Balaban J connectivity index is 1.32. The molecular formula is C76H147NO18. The summed E-state index contributed by atoms with van der Waals surface area (Å²) in [5.41, 5.74) is 0. The van der Waals surface area contributed by atoms with Crippen molar-refractivity contribution in [2.45, 2.75) is 452 Å². The molecule has 0 saturated carbocycles. The van der Waals surface area contributed by atoms with Crippen LogP contribution in [0.1, 0.15) is 348 Å². The van der Waals surface area contributed by atoms with E-state index in [9.17, 15) is 61.0 Å². The van der Waals surface area contributed by atoms with Gasteiger partial charge in [-0.3, -0.25) is 4.79 Å². The van der Waals surface area contributed by atoms with E-state index in [0.717, 1.165) is 44.9 Å². The normalized spacial score (nSPS) is 27.1. The van der Waals surface area contributed by atoms with Crippen LogP contribution < -0.4 is 5.32 Å². The van der Waals surface area contributed by atoms with Gasteiger partial charge in [0.1, 0.15) is 73.2 Å². The van der Waals surface area contributed by atoms with Gasteiger partial charge < -0.3 is 89.9 Å². The molecule has 12 N–H and O–H groups in total. The fourth-order valence-corrected chi connectivity index (χ4v) is 14.0. The Morgan fingerprint density at radius 2 is 0.600 bits per heavy atom. The Hall–Kier alpha value is -1.21. The molecule has 95 heavy (non-hydrogen) atoms. The first-order valence-corrected chi connectivity index (χ1v) is 39.8. The third-order valence-corrected chi connectivity index (χ3v) is 20.4. The van der Waals surface area contributed by atoms with Crippen molar-refractivity contribution in [3.8, 4) is 0 Å². The van der Waals surface area contributed by atoms with E-state index in [2.05, 4.69) is 19.2 Å². The second kappa shape index (κ2) is 58.3. The smallest absolute Gasteiger partial charge is 0.220 e. The van der Waals surface area contributed by atoms with Gasteiger partial charge in [-0.25, -0.2) is 0 Å². The summed E-state index contributed by atoms with van der Waals surface area (Å²) >= 11 is 0. The van der Waals surface area contributed by atoms with Crippen LogP contribution in [0.25, 0.3) is 0 Å². The van der Waals surface area contributed by atoms with E-state index in [1.54, 1.807) is 0 Å². The minimum Gasteiger partial charge on any atom is -0.394 e. The number of carbonyl (C=O) groups excluding carboxylic acids is 1. The Morgan fingerprint density at radius 1 is 0.337 bits per heavy atom. The lowest BCUT2D eigenvalue weighted by atomic mass is 9.96. The summed E-state index contributed by atoms with van der Waals surface area (Å²) in [4.78, 5) is 13.5. The number of carbonyl (C=O) groups is 1. The standard InChI is InChI=1S/C76H147NO18/c1-3-5-7-9-11-13-15-17-19-21-22-23-24-25-26-27-28-29-30-31-32-33-34-35-36-37-38-40-42-44-46-48-50-52-54-64(82)77-59(60(81)53-51-49-47-45-43-41-39-20-18-16-14-12-10-8-6-4-2)58-90-74-70(88)67(85)72(62(56-79)92-74)95-76-71(89)68(86)73(63(57-80)93-76)94-75-69(87)66(84)65(83)61(55-78)91-75/h59-63,65-76,78-81,83-89H,3-58H2,1-2H3,(H,77,82). The second-order valence-electron chi connectivity index (χ2n) is 28.9. The molecule has 0 aromatic rings. The molecule has 0 aliphatic carbocycles. The molecule has 0 aromatic heterocycles. The SMILES string of the molecule is CCCCCCCCCCCCCCCCCCCCCCCCCCCCCCCCCCCCC(=O)NC(COC1OC(CO)C(OC2OC(CO)C(OC3OC(CO)C(O)C(O)C3O)C(O)C2O)C(O)C1O)C(O)CCCCCCCCCCCCCCCCCC. The molecule has 0 radical (unpaired) electrons. The van der Waals surface area contributed by atoms with Gasteiger partial charge in [0.05, 0.1) is 38.6 Å². The van der Waals surface area contributed by atoms with Crippen molar-refractivity contribution in [2.75, 3.05) is 26.4 Å². The van der Waals surface area contributed by atoms with Crippen molar-refractivity contribution in [3.05, 3.63) is 0 Å². The molecule has 3 saturated heterocycles. The number of aliphatic hydroxyl groups excluding tert-OH is 11. The summed E-state index contributed by atoms with van der Waals surface area (Å²) in [5.74, 6) is -0.234. The summed E-state index contributed by atoms with van der Waals surface area (Å²) in [6, 6.07) is -0.882. The Morgan fingerprint density at radius 3 is 0.916 bits per heavy atom. The van der Waals surface area contributed by atoms with Gasteiger partial charge in [0, 0.05) is 6.42 Å². The monoisotopic (exact) mass is 1360 g/mol. The van der Waals surface area contributed by atoms with Gasteiger partial charge >= 0.3 is 0 Å². The van der Waals surface area contributed by atoms with Gasteiger partial charge in [-0.1, -0.05) is 328 Å². The summed E-state index contributed by atoms with van der Waals surface area (Å²) < 4.78 is 34.5. The van der Waals surface area contributed by atoms with Crippen molar-refractivity contribution >= 4 is 5.91 Å². The molecule has 0 spiro atoms. The topological polar surface area (TPSA) is 307 Å². The van der Waals surface area contributed by atoms with Crippen molar-refractivity contribution < 1.29 is 89.4 Å². The van der Waals surface area contributed by atoms with E-state index in [1.165, 1.54) is 270 Å². The van der Waals surface area contributed by atoms with Crippen LogP contribution in [0.15, 0.2) is 0 Å². The number of nitrogens with one attached hydrogen (secondary N) is 1. The highest BCUT2D eigenvalue weighted by Gasteiger charge is 2.54. The molecular weight excluding hydrogens is 1210 g/mol. The number of unbranched alkanes of at least 4 members (excludes halogenated alkanes) is 48. The third-order valence-electron chi connectivity index (χ3n) is 20.4. The van der Waals surface area contributed by atoms with Crippen LogP contribution in [0, 0.1) is 0 Å². The highest BCUT2D eigenvalue weighted by molar-refractivity contribution is 5.76. The van der Waals surface area contributed by atoms with Crippen molar-refractivity contribution in [3.63, 3.8) is 0 Å². The molecule has 0 aromatic carbocycles. The average molecular weight is 1360 g/mol. The first-order chi connectivity index (χ1) is 46.3. The van der Waals surface area contributed by atoms with Crippen LogP contribution in [0.4, 0.5) is 0 Å². The van der Waals surface area contributed by atoms with Gasteiger partial charge in [-0.2, -0.15) is 0 Å². The largest absolute Gasteiger partial charge is 0.394 e. The molecule has 19 nitrogen and oxygen atoms in total. The number of hydrogen-bond acceptors (Lipinski definition) is 18. The van der Waals surface area contributed by atoms with E-state index >= 15 is 0 Å². The molecule has 3 heterocycles. The molecule has 564 valence electrons. The van der Waals surface area contributed by atoms with E-state index in [-0.39, 0.29) is 18.9 Å². The van der Waals surface area contributed by atoms with Crippen LogP contribution in [-0.2, 0) is 33.2 Å². The number of rotatable bonds is 64. The minimum atomic E-state index is -1.97. The zero-order valence-electron chi connectivity index (χ0n) is 60.2. The number of aliphatic hydroxyl groups is 11. The Kier molecular flexibility index (Phi) is 54.0. The van der Waals surface area contributed by atoms with Crippen molar-refractivity contribution in [2.24, 2.45) is 0 Å². The second-order valence-corrected chi connectivity index (χ2v) is 28.9. The molecule has 3 aliphatic heterocycles. The van der Waals surface area contributed by atoms with E-state index in [1.807, 2.05) is 0 Å².